The van der Waals surface area contributed by atoms with Crippen LogP contribution >= 0.6 is 11.3 Å². The van der Waals surface area contributed by atoms with Gasteiger partial charge in [0.1, 0.15) is 0 Å². The first-order valence-electron chi connectivity index (χ1n) is 6.75. The summed E-state index contributed by atoms with van der Waals surface area (Å²) >= 11 is 1.78. The van der Waals surface area contributed by atoms with Crippen LogP contribution in [0.3, 0.4) is 0 Å². The van der Waals surface area contributed by atoms with Crippen molar-refractivity contribution in [2.45, 2.75) is 38.3 Å². The molecule has 1 unspecified atom stereocenters. The zero-order valence-electron chi connectivity index (χ0n) is 11.0. The van der Waals surface area contributed by atoms with Crippen LogP contribution in [0, 0.1) is 0 Å². The summed E-state index contributed by atoms with van der Waals surface area (Å²) in [6, 6.07) is 8.56. The molecule has 0 aliphatic heterocycles. The largest absolute Gasteiger partial charge is 0.326 e. The molecule has 1 aliphatic rings. The smallest absolute Gasteiger partial charge is 0.248 e. The third-order valence-electron chi connectivity index (χ3n) is 3.75. The predicted octanol–water partition coefficient (Wildman–Crippen LogP) is 3.16. The Morgan fingerprint density at radius 3 is 3.11 bits per heavy atom. The number of fused-ring (bicyclic) bond motifs is 1. The van der Waals surface area contributed by atoms with E-state index in [1.54, 1.807) is 17.4 Å². The number of aromatic nitrogens is 1. The second kappa shape index (κ2) is 5.31. The summed E-state index contributed by atoms with van der Waals surface area (Å²) in [6.07, 6.45) is 3.24. The minimum absolute atomic E-state index is 0.00528. The van der Waals surface area contributed by atoms with Gasteiger partial charge < -0.3 is 10.3 Å². The lowest BCUT2D eigenvalue weighted by Crippen LogP contribution is -2.29. The molecule has 0 amide bonds. The lowest BCUT2D eigenvalue weighted by atomic mass is 9.91. The van der Waals surface area contributed by atoms with Gasteiger partial charge in [0.2, 0.25) is 5.56 Å². The number of aryl methyl sites for hydroxylation is 1. The van der Waals surface area contributed by atoms with Crippen LogP contribution in [0.25, 0.3) is 0 Å². The first-order valence-corrected chi connectivity index (χ1v) is 7.63. The van der Waals surface area contributed by atoms with E-state index in [4.69, 9.17) is 0 Å². The molecule has 2 aromatic heterocycles. The second-order valence-corrected chi connectivity index (χ2v) is 6.08. The molecule has 3 rings (SSSR count). The third kappa shape index (κ3) is 2.65. The fourth-order valence-corrected chi connectivity index (χ4v) is 3.54. The van der Waals surface area contributed by atoms with Crippen LogP contribution in [-0.2, 0) is 6.42 Å². The van der Waals surface area contributed by atoms with Crippen LogP contribution in [0.1, 0.15) is 48.0 Å². The van der Waals surface area contributed by atoms with E-state index >= 15 is 0 Å². The number of nitrogens with one attached hydrogen (secondary N) is 2. The molecule has 2 heterocycles. The van der Waals surface area contributed by atoms with Gasteiger partial charge in [-0.15, -0.1) is 11.3 Å². The molecule has 0 radical (unpaired) electrons. The highest BCUT2D eigenvalue weighted by Gasteiger charge is 2.22. The standard InChI is InChI=1S/C15H18N2OS/c1-10(14-6-3-9-19-14)16-12-4-2-5-13-11(12)7-8-15(18)17-13/h3,6-10,12,16H,2,4-5H2,1H3,(H,17,18)/t10-,12?/m0/s1. The molecule has 1 aliphatic carbocycles. The Morgan fingerprint density at radius 2 is 2.32 bits per heavy atom. The van der Waals surface area contributed by atoms with E-state index in [9.17, 15) is 4.79 Å². The molecule has 0 saturated heterocycles. The molecule has 4 heteroatoms. The summed E-state index contributed by atoms with van der Waals surface area (Å²) < 4.78 is 0. The van der Waals surface area contributed by atoms with E-state index in [-0.39, 0.29) is 5.56 Å². The van der Waals surface area contributed by atoms with E-state index in [1.165, 1.54) is 10.4 Å². The van der Waals surface area contributed by atoms with Crippen molar-refractivity contribution in [1.29, 1.82) is 0 Å². The van der Waals surface area contributed by atoms with E-state index in [0.717, 1.165) is 25.0 Å². The lowest BCUT2D eigenvalue weighted by Gasteiger charge is -2.28. The van der Waals surface area contributed by atoms with Crippen molar-refractivity contribution in [3.63, 3.8) is 0 Å². The number of hydrogen-bond donors (Lipinski definition) is 2. The summed E-state index contributed by atoms with van der Waals surface area (Å²) in [5.74, 6) is 0. The van der Waals surface area contributed by atoms with Gasteiger partial charge in [-0.05, 0) is 43.2 Å². The van der Waals surface area contributed by atoms with Gasteiger partial charge in [-0.1, -0.05) is 12.1 Å². The Morgan fingerprint density at radius 1 is 1.42 bits per heavy atom. The molecule has 0 bridgehead atoms. The van der Waals surface area contributed by atoms with E-state index in [0.29, 0.717) is 12.1 Å². The fraction of sp³-hybridized carbons (Fsp3) is 0.400. The molecular weight excluding hydrogens is 256 g/mol. The van der Waals surface area contributed by atoms with E-state index in [1.807, 2.05) is 6.07 Å². The van der Waals surface area contributed by atoms with Gasteiger partial charge in [0, 0.05) is 28.7 Å². The number of thiophene rings is 1. The summed E-state index contributed by atoms with van der Waals surface area (Å²) in [6.45, 7) is 2.20. The Balaban J connectivity index is 1.82. The topological polar surface area (TPSA) is 44.9 Å². The lowest BCUT2D eigenvalue weighted by molar-refractivity contribution is 0.414. The van der Waals surface area contributed by atoms with Crippen LogP contribution < -0.4 is 10.9 Å². The molecule has 2 N–H and O–H groups in total. The van der Waals surface area contributed by atoms with Crippen molar-refractivity contribution in [2.24, 2.45) is 0 Å². The van der Waals surface area contributed by atoms with Gasteiger partial charge in [0.05, 0.1) is 0 Å². The third-order valence-corrected chi connectivity index (χ3v) is 4.81. The summed E-state index contributed by atoms with van der Waals surface area (Å²) in [7, 11) is 0. The maximum absolute atomic E-state index is 11.4. The van der Waals surface area contributed by atoms with Crippen molar-refractivity contribution >= 4 is 11.3 Å². The Hall–Kier alpha value is -1.39. The van der Waals surface area contributed by atoms with Gasteiger partial charge in [-0.25, -0.2) is 0 Å². The highest BCUT2D eigenvalue weighted by Crippen LogP contribution is 2.30. The van der Waals surface area contributed by atoms with Gasteiger partial charge in [0.25, 0.3) is 0 Å². The first kappa shape index (κ1) is 12.6. The van der Waals surface area contributed by atoms with Crippen molar-refractivity contribution in [2.75, 3.05) is 0 Å². The van der Waals surface area contributed by atoms with Gasteiger partial charge in [-0.2, -0.15) is 0 Å². The Bertz CT molecular complexity index is 603. The minimum Gasteiger partial charge on any atom is -0.326 e. The normalized spacial score (nSPS) is 19.9. The van der Waals surface area contributed by atoms with Crippen molar-refractivity contribution < 1.29 is 0 Å². The monoisotopic (exact) mass is 274 g/mol. The zero-order chi connectivity index (χ0) is 13.2. The highest BCUT2D eigenvalue weighted by molar-refractivity contribution is 7.10. The Labute approximate surface area is 116 Å². The van der Waals surface area contributed by atoms with Crippen LogP contribution in [-0.4, -0.2) is 4.98 Å². The van der Waals surface area contributed by atoms with Crippen LogP contribution in [0.2, 0.25) is 0 Å². The highest BCUT2D eigenvalue weighted by atomic mass is 32.1. The minimum atomic E-state index is 0.00528. The first-order chi connectivity index (χ1) is 9.24. The quantitative estimate of drug-likeness (QED) is 0.903. The van der Waals surface area contributed by atoms with Crippen LogP contribution in [0.4, 0.5) is 0 Å². The summed E-state index contributed by atoms with van der Waals surface area (Å²) in [5.41, 5.74) is 2.37. The number of H-pyrrole nitrogens is 1. The molecule has 100 valence electrons. The SMILES string of the molecule is C[C@H](NC1CCCc2[nH]c(=O)ccc21)c1cccs1. The molecule has 3 nitrogen and oxygen atoms in total. The predicted molar refractivity (Wildman–Crippen MR) is 78.6 cm³/mol. The zero-order valence-corrected chi connectivity index (χ0v) is 11.8. The number of hydrogen-bond acceptors (Lipinski definition) is 3. The van der Waals surface area contributed by atoms with Gasteiger partial charge >= 0.3 is 0 Å². The van der Waals surface area contributed by atoms with Crippen molar-refractivity contribution in [3.8, 4) is 0 Å². The summed E-state index contributed by atoms with van der Waals surface area (Å²) in [4.78, 5) is 15.7. The average molecular weight is 274 g/mol. The fourth-order valence-electron chi connectivity index (χ4n) is 2.80. The van der Waals surface area contributed by atoms with Crippen molar-refractivity contribution in [3.05, 3.63) is 56.1 Å². The van der Waals surface area contributed by atoms with E-state index < -0.39 is 0 Å². The number of aromatic amines is 1. The van der Waals surface area contributed by atoms with E-state index in [2.05, 4.69) is 34.7 Å². The van der Waals surface area contributed by atoms with Crippen molar-refractivity contribution in [1.82, 2.24) is 10.3 Å². The molecule has 0 saturated carbocycles. The second-order valence-electron chi connectivity index (χ2n) is 5.11. The maximum atomic E-state index is 11.4. The van der Waals surface area contributed by atoms with Crippen LogP contribution in [0.15, 0.2) is 34.4 Å². The molecule has 0 fully saturated rings. The molecule has 2 atom stereocenters. The van der Waals surface area contributed by atoms with Gasteiger partial charge in [0.15, 0.2) is 0 Å². The molecular formula is C15H18N2OS. The molecule has 0 spiro atoms. The molecule has 0 aromatic carbocycles. The molecule has 2 aromatic rings. The Kier molecular flexibility index (Phi) is 3.53. The molecule has 19 heavy (non-hydrogen) atoms. The van der Waals surface area contributed by atoms with Gasteiger partial charge in [-0.3, -0.25) is 4.79 Å². The maximum Gasteiger partial charge on any atom is 0.248 e. The number of pyridine rings is 1. The van der Waals surface area contributed by atoms with Crippen LogP contribution in [0.5, 0.6) is 0 Å². The number of rotatable bonds is 3. The summed E-state index contributed by atoms with van der Waals surface area (Å²) in [5, 5.41) is 5.80. The average Bonchev–Trinajstić information content (AvgIpc) is 2.92.